The number of phosphoric acid groups is 1. The zero-order valence-electron chi connectivity index (χ0n) is 43.2. The van der Waals surface area contributed by atoms with Crippen molar-refractivity contribution in [1.29, 1.82) is 0 Å². The summed E-state index contributed by atoms with van der Waals surface area (Å²) in [6, 6.07) is 0. The molecule has 0 amide bonds. The number of carbonyl (C=O) groups is 3. The molecule has 0 rings (SSSR count). The van der Waals surface area contributed by atoms with Crippen LogP contribution >= 0.6 is 7.82 Å². The van der Waals surface area contributed by atoms with Gasteiger partial charge in [-0.25, -0.2) is 4.57 Å². The van der Waals surface area contributed by atoms with E-state index in [9.17, 15) is 28.9 Å². The molecular formula is C58H91O11P. The lowest BCUT2D eigenvalue weighted by atomic mass is 10.1. The molecule has 0 aliphatic carbocycles. The number of phosphoric ester groups is 1. The monoisotopic (exact) mass is 995 g/mol. The zero-order valence-corrected chi connectivity index (χ0v) is 44.1. The van der Waals surface area contributed by atoms with Gasteiger partial charge in [-0.05, 0) is 116 Å². The van der Waals surface area contributed by atoms with E-state index in [2.05, 4.69) is 142 Å². The van der Waals surface area contributed by atoms with E-state index < -0.39 is 57.8 Å². The molecule has 0 saturated carbocycles. The zero-order chi connectivity index (χ0) is 51.3. The number of aliphatic hydroxyl groups excluding tert-OH is 1. The highest BCUT2D eigenvalue weighted by Gasteiger charge is 2.28. The molecule has 0 aliphatic rings. The van der Waals surface area contributed by atoms with Crippen LogP contribution in [0.4, 0.5) is 0 Å². The summed E-state index contributed by atoms with van der Waals surface area (Å²) in [6.07, 6.45) is 63.0. The minimum Gasteiger partial charge on any atom is -0.462 e. The Bertz CT molecular complexity index is 1680. The molecule has 0 saturated heterocycles. The molecule has 11 nitrogen and oxygen atoms in total. The topological polar surface area (TPSA) is 155 Å². The van der Waals surface area contributed by atoms with Crippen molar-refractivity contribution in [1.82, 2.24) is 0 Å². The molecular weight excluding hydrogens is 904 g/mol. The van der Waals surface area contributed by atoms with Gasteiger partial charge in [0.05, 0.1) is 19.8 Å². The maximum atomic E-state index is 12.8. The lowest BCUT2D eigenvalue weighted by Gasteiger charge is -2.21. The van der Waals surface area contributed by atoms with Gasteiger partial charge in [-0.3, -0.25) is 23.4 Å². The summed E-state index contributed by atoms with van der Waals surface area (Å²) < 4.78 is 39.2. The van der Waals surface area contributed by atoms with Gasteiger partial charge in [0.2, 0.25) is 0 Å². The van der Waals surface area contributed by atoms with Gasteiger partial charge in [-0.15, -0.1) is 0 Å². The van der Waals surface area contributed by atoms with Crippen molar-refractivity contribution >= 4 is 25.7 Å². The summed E-state index contributed by atoms with van der Waals surface area (Å²) in [5.74, 6) is -1.64. The summed E-state index contributed by atoms with van der Waals surface area (Å²) in [6.45, 7) is 4.11. The van der Waals surface area contributed by atoms with Crippen molar-refractivity contribution in [3.63, 3.8) is 0 Å². The first-order valence-corrected chi connectivity index (χ1v) is 27.6. The SMILES string of the molecule is CC/C=C\C/C=C\C/C=C\C/C=C\CCCCCCC(=O)OCC(COP(=O)(O)OCC(CO)OC(=O)CCCCC/C=C\C/C=C\C/C=C\CC)OC(=O)CC/C=C\C/C=C\C/C=C\C/C=C\CC. The normalized spacial score (nSPS) is 14.5. The third-order valence-electron chi connectivity index (χ3n) is 10.1. The van der Waals surface area contributed by atoms with Crippen LogP contribution in [0.1, 0.15) is 175 Å². The highest BCUT2D eigenvalue weighted by atomic mass is 31.2. The Morgan fingerprint density at radius 3 is 1.16 bits per heavy atom. The first-order valence-electron chi connectivity index (χ1n) is 26.1. The molecule has 0 aliphatic heterocycles. The molecule has 0 radical (unpaired) electrons. The molecule has 394 valence electrons. The van der Waals surface area contributed by atoms with Crippen LogP contribution in [0, 0.1) is 0 Å². The smallest absolute Gasteiger partial charge is 0.462 e. The first-order chi connectivity index (χ1) is 34.2. The van der Waals surface area contributed by atoms with Crippen molar-refractivity contribution in [2.24, 2.45) is 0 Å². The fraction of sp³-hybridized carbons (Fsp3) is 0.569. The number of carbonyl (C=O) groups excluding carboxylic acids is 3. The molecule has 70 heavy (non-hydrogen) atoms. The number of allylic oxidation sites excluding steroid dienone is 22. The maximum absolute atomic E-state index is 12.8. The molecule has 0 bridgehead atoms. The third kappa shape index (κ3) is 48.6. The number of hydrogen-bond donors (Lipinski definition) is 2. The second kappa shape index (κ2) is 51.0. The van der Waals surface area contributed by atoms with Crippen LogP contribution in [0.2, 0.25) is 0 Å². The molecule has 0 fully saturated rings. The molecule has 0 heterocycles. The van der Waals surface area contributed by atoms with E-state index in [1.807, 2.05) is 12.2 Å². The van der Waals surface area contributed by atoms with Gasteiger partial charge in [0, 0.05) is 19.3 Å². The Kier molecular flexibility index (Phi) is 47.8. The Labute approximate surface area is 423 Å². The van der Waals surface area contributed by atoms with E-state index >= 15 is 0 Å². The van der Waals surface area contributed by atoms with E-state index in [0.29, 0.717) is 25.7 Å². The molecule has 3 atom stereocenters. The van der Waals surface area contributed by atoms with Crippen molar-refractivity contribution in [3.05, 3.63) is 134 Å². The standard InChI is InChI=1S/C58H91O11P/c1-4-7-10-13-16-19-22-25-26-27-28-31-32-35-38-41-44-47-56(60)65-51-55(69-58(62)49-46-43-40-37-34-30-24-21-18-15-12-9-6-3)53-67-70(63,64)66-52-54(50-59)68-57(61)48-45-42-39-36-33-29-23-20-17-14-11-8-5-2/h7-12,16-21,25-26,28-31,33-34,40,43,54-55,59H,4-6,13-15,22-24,27,32,35-39,41-42,44-53H2,1-3H3,(H,63,64)/b10-7-,11-8-,12-9-,19-16-,20-17-,21-18-,26-25-,31-28-,33-29-,34-30-,43-40-. The van der Waals surface area contributed by atoms with Gasteiger partial charge in [0.15, 0.2) is 6.10 Å². The lowest BCUT2D eigenvalue weighted by molar-refractivity contribution is -0.161. The minimum atomic E-state index is -4.78. The first kappa shape index (κ1) is 65.6. The van der Waals surface area contributed by atoms with E-state index in [1.54, 1.807) is 0 Å². The summed E-state index contributed by atoms with van der Waals surface area (Å²) in [5.41, 5.74) is 0. The van der Waals surface area contributed by atoms with Crippen LogP contribution in [0.15, 0.2) is 134 Å². The largest absolute Gasteiger partial charge is 0.472 e. The average Bonchev–Trinajstić information content (AvgIpc) is 3.35. The molecule has 0 aromatic rings. The van der Waals surface area contributed by atoms with Gasteiger partial charge in [-0.2, -0.15) is 0 Å². The summed E-state index contributed by atoms with van der Waals surface area (Å²) in [4.78, 5) is 48.3. The van der Waals surface area contributed by atoms with Crippen molar-refractivity contribution in [3.8, 4) is 0 Å². The molecule has 3 unspecified atom stereocenters. The van der Waals surface area contributed by atoms with Crippen LogP contribution < -0.4 is 0 Å². The summed E-state index contributed by atoms with van der Waals surface area (Å²) in [5, 5.41) is 9.77. The highest BCUT2D eigenvalue weighted by Crippen LogP contribution is 2.43. The van der Waals surface area contributed by atoms with Gasteiger partial charge < -0.3 is 24.2 Å². The van der Waals surface area contributed by atoms with Crippen LogP contribution in [0.25, 0.3) is 0 Å². The second-order valence-corrected chi connectivity index (χ2v) is 18.0. The molecule has 0 aromatic carbocycles. The third-order valence-corrected chi connectivity index (χ3v) is 11.0. The van der Waals surface area contributed by atoms with E-state index in [0.717, 1.165) is 109 Å². The number of unbranched alkanes of at least 4 members (excludes halogenated alkanes) is 7. The number of aliphatic hydroxyl groups is 1. The number of hydrogen-bond acceptors (Lipinski definition) is 10. The minimum absolute atomic E-state index is 0.0307. The van der Waals surface area contributed by atoms with E-state index in [-0.39, 0.29) is 25.9 Å². The Hall–Kier alpha value is -4.38. The highest BCUT2D eigenvalue weighted by molar-refractivity contribution is 7.47. The van der Waals surface area contributed by atoms with E-state index in [1.165, 1.54) is 0 Å². The average molecular weight is 995 g/mol. The Balaban J connectivity index is 4.90. The number of esters is 3. The fourth-order valence-corrected chi connectivity index (χ4v) is 6.98. The fourth-order valence-electron chi connectivity index (χ4n) is 6.20. The molecule has 12 heteroatoms. The summed E-state index contributed by atoms with van der Waals surface area (Å²) in [7, 11) is -4.78. The molecule has 0 aromatic heterocycles. The quantitative estimate of drug-likeness (QED) is 0.0197. The van der Waals surface area contributed by atoms with Crippen LogP contribution in [0.3, 0.4) is 0 Å². The van der Waals surface area contributed by atoms with Gasteiger partial charge in [0.25, 0.3) is 0 Å². The molecule has 0 spiro atoms. The lowest BCUT2D eigenvalue weighted by Crippen LogP contribution is -2.30. The number of ether oxygens (including phenoxy) is 3. The predicted molar refractivity (Wildman–Crippen MR) is 288 cm³/mol. The van der Waals surface area contributed by atoms with Gasteiger partial charge >= 0.3 is 25.7 Å². The van der Waals surface area contributed by atoms with Gasteiger partial charge in [-0.1, -0.05) is 174 Å². The van der Waals surface area contributed by atoms with Crippen molar-refractivity contribution in [2.45, 2.75) is 187 Å². The summed E-state index contributed by atoms with van der Waals surface area (Å²) >= 11 is 0. The van der Waals surface area contributed by atoms with E-state index in [4.69, 9.17) is 23.3 Å². The Morgan fingerprint density at radius 2 is 0.729 bits per heavy atom. The molecule has 2 N–H and O–H groups in total. The van der Waals surface area contributed by atoms with Crippen LogP contribution in [-0.4, -0.2) is 66.5 Å². The van der Waals surface area contributed by atoms with Crippen LogP contribution in [0.5, 0.6) is 0 Å². The predicted octanol–water partition coefficient (Wildman–Crippen LogP) is 15.0. The second-order valence-electron chi connectivity index (χ2n) is 16.5. The maximum Gasteiger partial charge on any atom is 0.472 e. The van der Waals surface area contributed by atoms with Crippen LogP contribution in [-0.2, 0) is 42.2 Å². The van der Waals surface area contributed by atoms with Crippen molar-refractivity contribution in [2.75, 3.05) is 26.4 Å². The number of rotatable bonds is 46. The Morgan fingerprint density at radius 1 is 0.400 bits per heavy atom. The van der Waals surface area contributed by atoms with Gasteiger partial charge in [0.1, 0.15) is 12.7 Å². The van der Waals surface area contributed by atoms with Crippen molar-refractivity contribution < 1.29 is 52.2 Å².